The molecule has 1 saturated heterocycles. The predicted octanol–water partition coefficient (Wildman–Crippen LogP) is 2.59. The lowest BCUT2D eigenvalue weighted by atomic mass is 10.1. The first kappa shape index (κ1) is 15.4. The maximum Gasteiger partial charge on any atom is 0.264 e. The van der Waals surface area contributed by atoms with Gasteiger partial charge in [0.2, 0.25) is 5.91 Å². The zero-order valence-corrected chi connectivity index (χ0v) is 14.1. The fourth-order valence-corrected chi connectivity index (χ4v) is 4.15. The number of nitrogens with one attached hydrogen (secondary N) is 2. The molecule has 2 amide bonds. The van der Waals surface area contributed by atoms with Crippen LogP contribution in [0.3, 0.4) is 0 Å². The summed E-state index contributed by atoms with van der Waals surface area (Å²) in [6.45, 7) is 2.20. The van der Waals surface area contributed by atoms with E-state index in [0.29, 0.717) is 18.0 Å². The van der Waals surface area contributed by atoms with Gasteiger partial charge in [-0.2, -0.15) is 0 Å². The summed E-state index contributed by atoms with van der Waals surface area (Å²) in [6.07, 6.45) is 1.90. The number of thiophene rings is 1. The summed E-state index contributed by atoms with van der Waals surface area (Å²) in [7, 11) is 0. The molecule has 1 fully saturated rings. The lowest BCUT2D eigenvalue weighted by Crippen LogP contribution is -2.35. The quantitative estimate of drug-likeness (QED) is 0.902. The highest BCUT2D eigenvalue weighted by Gasteiger charge is 2.26. The Bertz CT molecular complexity index is 755. The van der Waals surface area contributed by atoms with Crippen molar-refractivity contribution in [2.24, 2.45) is 0 Å². The zero-order chi connectivity index (χ0) is 16.5. The third kappa shape index (κ3) is 2.95. The van der Waals surface area contributed by atoms with E-state index < -0.39 is 0 Å². The minimum atomic E-state index is -0.112. The standard InChI is InChI=1S/C18H19N3O2S/c22-17(14-6-3-9-19-14)20-16-8-7-15(24-16)18(23)21-10-12-4-1-2-5-13(12)11-21/h1-2,4-5,7-8,14,19H,3,6,9-11H2,(H,20,22)/t14-/m0/s1. The van der Waals surface area contributed by atoms with Crippen molar-refractivity contribution in [1.29, 1.82) is 0 Å². The normalized spacial score (nSPS) is 19.3. The number of nitrogens with zero attached hydrogens (tertiary/aromatic N) is 1. The van der Waals surface area contributed by atoms with Gasteiger partial charge in [-0.05, 0) is 42.6 Å². The van der Waals surface area contributed by atoms with Crippen LogP contribution in [0, 0.1) is 0 Å². The monoisotopic (exact) mass is 341 g/mol. The summed E-state index contributed by atoms with van der Waals surface area (Å²) < 4.78 is 0. The number of hydrogen-bond donors (Lipinski definition) is 2. The number of fused-ring (bicyclic) bond motifs is 1. The Morgan fingerprint density at radius 1 is 1.12 bits per heavy atom. The summed E-state index contributed by atoms with van der Waals surface area (Å²) in [6, 6.07) is 11.6. The first-order valence-electron chi connectivity index (χ1n) is 8.21. The number of carbonyl (C=O) groups is 2. The molecule has 2 N–H and O–H groups in total. The molecule has 1 atom stereocenters. The zero-order valence-electron chi connectivity index (χ0n) is 13.2. The molecule has 3 heterocycles. The molecule has 0 saturated carbocycles. The van der Waals surface area contributed by atoms with Crippen LogP contribution in [0.2, 0.25) is 0 Å². The van der Waals surface area contributed by atoms with Crippen molar-refractivity contribution in [3.63, 3.8) is 0 Å². The summed E-state index contributed by atoms with van der Waals surface area (Å²) in [4.78, 5) is 27.3. The number of rotatable bonds is 3. The summed E-state index contributed by atoms with van der Waals surface area (Å²) in [5.74, 6) is 0.0117. The molecule has 2 aliphatic rings. The van der Waals surface area contributed by atoms with Crippen LogP contribution in [-0.2, 0) is 17.9 Å². The van der Waals surface area contributed by atoms with Gasteiger partial charge in [-0.25, -0.2) is 0 Å². The highest BCUT2D eigenvalue weighted by atomic mass is 32.1. The maximum atomic E-state index is 12.7. The molecule has 5 nitrogen and oxygen atoms in total. The summed E-state index contributed by atoms with van der Waals surface area (Å²) in [5, 5.41) is 6.82. The van der Waals surface area contributed by atoms with Gasteiger partial charge in [0.1, 0.15) is 0 Å². The van der Waals surface area contributed by atoms with Crippen molar-refractivity contribution < 1.29 is 9.59 Å². The topological polar surface area (TPSA) is 61.4 Å². The van der Waals surface area contributed by atoms with E-state index in [-0.39, 0.29) is 17.9 Å². The molecular formula is C18H19N3O2S. The van der Waals surface area contributed by atoms with Gasteiger partial charge < -0.3 is 15.5 Å². The van der Waals surface area contributed by atoms with Crippen molar-refractivity contribution in [2.75, 3.05) is 11.9 Å². The minimum Gasteiger partial charge on any atom is -0.329 e. The van der Waals surface area contributed by atoms with Crippen molar-refractivity contribution >= 4 is 28.2 Å². The Balaban J connectivity index is 1.41. The minimum absolute atomic E-state index is 0.0121. The molecule has 24 heavy (non-hydrogen) atoms. The molecule has 2 aliphatic heterocycles. The number of benzene rings is 1. The molecule has 2 aromatic rings. The molecule has 6 heteroatoms. The van der Waals surface area contributed by atoms with E-state index in [4.69, 9.17) is 0 Å². The molecule has 1 aromatic heterocycles. The van der Waals surface area contributed by atoms with E-state index in [9.17, 15) is 9.59 Å². The lowest BCUT2D eigenvalue weighted by Gasteiger charge is -2.14. The second kappa shape index (κ2) is 6.37. The van der Waals surface area contributed by atoms with Gasteiger partial charge in [-0.3, -0.25) is 9.59 Å². The van der Waals surface area contributed by atoms with Crippen molar-refractivity contribution in [2.45, 2.75) is 32.0 Å². The van der Waals surface area contributed by atoms with E-state index in [1.54, 1.807) is 6.07 Å². The Labute approximate surface area is 144 Å². The highest BCUT2D eigenvalue weighted by Crippen LogP contribution is 2.28. The van der Waals surface area contributed by atoms with E-state index in [1.807, 2.05) is 23.1 Å². The molecule has 0 unspecified atom stereocenters. The smallest absolute Gasteiger partial charge is 0.264 e. The third-order valence-electron chi connectivity index (χ3n) is 4.57. The third-order valence-corrected chi connectivity index (χ3v) is 5.56. The molecule has 0 bridgehead atoms. The van der Waals surface area contributed by atoms with Gasteiger partial charge in [0.15, 0.2) is 0 Å². The number of amides is 2. The molecule has 4 rings (SSSR count). The SMILES string of the molecule is O=C(Nc1ccc(C(=O)N2Cc3ccccc3C2)s1)[C@@H]1CCCN1. The molecule has 124 valence electrons. The average molecular weight is 341 g/mol. The largest absolute Gasteiger partial charge is 0.329 e. The Morgan fingerprint density at radius 2 is 1.88 bits per heavy atom. The lowest BCUT2D eigenvalue weighted by molar-refractivity contribution is -0.117. The molecule has 0 aliphatic carbocycles. The van der Waals surface area contributed by atoms with Gasteiger partial charge in [-0.15, -0.1) is 11.3 Å². The van der Waals surface area contributed by atoms with Crippen LogP contribution in [0.15, 0.2) is 36.4 Å². The second-order valence-electron chi connectivity index (χ2n) is 6.23. The average Bonchev–Trinajstić information content (AvgIpc) is 3.33. The van der Waals surface area contributed by atoms with Gasteiger partial charge in [0, 0.05) is 13.1 Å². The maximum absolute atomic E-state index is 12.7. The first-order chi connectivity index (χ1) is 11.7. The van der Waals surface area contributed by atoms with Crippen LogP contribution in [0.25, 0.3) is 0 Å². The fraction of sp³-hybridized carbons (Fsp3) is 0.333. The number of hydrogen-bond acceptors (Lipinski definition) is 4. The molecule has 0 radical (unpaired) electrons. The molecule has 1 aromatic carbocycles. The highest BCUT2D eigenvalue weighted by molar-refractivity contribution is 7.18. The van der Waals surface area contributed by atoms with Gasteiger partial charge in [-0.1, -0.05) is 24.3 Å². The van der Waals surface area contributed by atoms with Crippen molar-refractivity contribution in [3.8, 4) is 0 Å². The predicted molar refractivity (Wildman–Crippen MR) is 94.0 cm³/mol. The summed E-state index contributed by atoms with van der Waals surface area (Å²) >= 11 is 1.34. The van der Waals surface area contributed by atoms with Crippen LogP contribution in [0.4, 0.5) is 5.00 Å². The number of anilines is 1. The van der Waals surface area contributed by atoms with Crippen molar-refractivity contribution in [1.82, 2.24) is 10.2 Å². The Hall–Kier alpha value is -2.18. The van der Waals surface area contributed by atoms with Crippen LogP contribution < -0.4 is 10.6 Å². The van der Waals surface area contributed by atoms with Gasteiger partial charge in [0.05, 0.1) is 15.9 Å². The summed E-state index contributed by atoms with van der Waals surface area (Å²) in [5.41, 5.74) is 2.42. The van der Waals surface area contributed by atoms with E-state index in [0.717, 1.165) is 24.4 Å². The first-order valence-corrected chi connectivity index (χ1v) is 9.02. The Kier molecular flexibility index (Phi) is 4.08. The fourth-order valence-electron chi connectivity index (χ4n) is 3.27. The van der Waals surface area contributed by atoms with E-state index in [1.165, 1.54) is 22.5 Å². The van der Waals surface area contributed by atoms with Gasteiger partial charge >= 0.3 is 0 Å². The molecular weight excluding hydrogens is 322 g/mol. The van der Waals surface area contributed by atoms with Crippen LogP contribution in [-0.4, -0.2) is 29.3 Å². The molecule has 0 spiro atoms. The van der Waals surface area contributed by atoms with Crippen LogP contribution in [0.5, 0.6) is 0 Å². The van der Waals surface area contributed by atoms with E-state index >= 15 is 0 Å². The van der Waals surface area contributed by atoms with Crippen LogP contribution in [0.1, 0.15) is 33.6 Å². The van der Waals surface area contributed by atoms with E-state index in [2.05, 4.69) is 22.8 Å². The van der Waals surface area contributed by atoms with Crippen LogP contribution >= 0.6 is 11.3 Å². The Morgan fingerprint density at radius 3 is 2.54 bits per heavy atom. The van der Waals surface area contributed by atoms with Gasteiger partial charge in [0.25, 0.3) is 5.91 Å². The van der Waals surface area contributed by atoms with Crippen molar-refractivity contribution in [3.05, 3.63) is 52.4 Å². The second-order valence-corrected chi connectivity index (χ2v) is 7.32. The number of carbonyl (C=O) groups excluding carboxylic acids is 2.